The number of aliphatic hydroxyl groups excluding tert-OH is 1. The van der Waals surface area contributed by atoms with Crippen LogP contribution in [0.3, 0.4) is 0 Å². The molecule has 2 amide bonds. The Hall–Kier alpha value is -3.79. The van der Waals surface area contributed by atoms with Gasteiger partial charge < -0.3 is 20.1 Å². The van der Waals surface area contributed by atoms with Crippen LogP contribution in [0.2, 0.25) is 0 Å². The maximum atomic E-state index is 13.2. The SMILES string of the molecule is COc1ccc(NC(=O)N2C[C@@H](O)CCN3[C@H](C)[C@H](c4ccc(C#Cc5ccccc5)cc4)[C@@H]3C2)cc1. The molecule has 37 heavy (non-hydrogen) atoms. The van der Waals surface area contributed by atoms with Gasteiger partial charge in [0.15, 0.2) is 0 Å². The molecule has 2 aliphatic heterocycles. The Kier molecular flexibility index (Phi) is 7.45. The smallest absolute Gasteiger partial charge is 0.321 e. The first kappa shape index (κ1) is 24.9. The maximum absolute atomic E-state index is 13.2. The number of β-amino-alcohol motifs (C(OH)–C–C–N with tert-alkyl or cyclic N) is 1. The van der Waals surface area contributed by atoms with E-state index in [1.807, 2.05) is 54.6 Å². The first-order valence-electron chi connectivity index (χ1n) is 12.8. The molecule has 2 fully saturated rings. The van der Waals surface area contributed by atoms with E-state index in [1.54, 1.807) is 12.0 Å². The number of benzene rings is 3. The number of urea groups is 1. The molecule has 190 valence electrons. The molecule has 2 aliphatic rings. The number of hydrogen-bond donors (Lipinski definition) is 2. The molecule has 0 aliphatic carbocycles. The number of methoxy groups -OCH3 is 1. The van der Waals surface area contributed by atoms with Crippen LogP contribution in [0.15, 0.2) is 78.9 Å². The number of aliphatic hydroxyl groups is 1. The Labute approximate surface area is 218 Å². The van der Waals surface area contributed by atoms with Gasteiger partial charge in [-0.1, -0.05) is 42.2 Å². The van der Waals surface area contributed by atoms with E-state index in [2.05, 4.69) is 53.2 Å². The number of amides is 2. The molecular weight excluding hydrogens is 462 g/mol. The zero-order valence-corrected chi connectivity index (χ0v) is 21.3. The summed E-state index contributed by atoms with van der Waals surface area (Å²) in [6, 6.07) is 26.1. The molecule has 0 bridgehead atoms. The largest absolute Gasteiger partial charge is 0.497 e. The fourth-order valence-electron chi connectivity index (χ4n) is 5.46. The quantitative estimate of drug-likeness (QED) is 0.524. The fraction of sp³-hybridized carbons (Fsp3) is 0.323. The molecule has 0 saturated carbocycles. The highest BCUT2D eigenvalue weighted by Gasteiger charge is 2.48. The highest BCUT2D eigenvalue weighted by atomic mass is 16.5. The number of hydrogen-bond acceptors (Lipinski definition) is 4. The highest BCUT2D eigenvalue weighted by molar-refractivity contribution is 5.89. The van der Waals surface area contributed by atoms with E-state index in [-0.39, 0.29) is 12.1 Å². The van der Waals surface area contributed by atoms with Crippen molar-refractivity contribution in [3.05, 3.63) is 95.6 Å². The predicted molar refractivity (Wildman–Crippen MR) is 146 cm³/mol. The minimum atomic E-state index is -0.545. The summed E-state index contributed by atoms with van der Waals surface area (Å²) in [6.07, 6.45) is 0.102. The standard InChI is InChI=1S/C31H33N3O3/c1-22-30(25-12-10-24(11-13-25)9-8-23-6-4-3-5-7-23)29-21-33(20-27(35)18-19-34(22)29)31(36)32-26-14-16-28(37-2)17-15-26/h3-7,10-17,22,27,29-30,35H,18-21H2,1-2H3,(H,32,36)/t22-,27+,29+,30-/m1/s1. The molecule has 0 radical (unpaired) electrons. The number of carbonyl (C=O) groups is 1. The lowest BCUT2D eigenvalue weighted by Gasteiger charge is -2.57. The van der Waals surface area contributed by atoms with Crippen LogP contribution < -0.4 is 10.1 Å². The monoisotopic (exact) mass is 495 g/mol. The van der Waals surface area contributed by atoms with E-state index in [0.29, 0.717) is 37.2 Å². The molecule has 0 unspecified atom stereocenters. The molecule has 0 spiro atoms. The van der Waals surface area contributed by atoms with E-state index in [1.165, 1.54) is 5.56 Å². The zero-order valence-electron chi connectivity index (χ0n) is 21.3. The predicted octanol–water partition coefficient (Wildman–Crippen LogP) is 4.55. The van der Waals surface area contributed by atoms with Crippen molar-refractivity contribution in [1.29, 1.82) is 0 Å². The minimum absolute atomic E-state index is 0.198. The van der Waals surface area contributed by atoms with Crippen molar-refractivity contribution in [1.82, 2.24) is 9.80 Å². The Balaban J connectivity index is 1.30. The van der Waals surface area contributed by atoms with Crippen LogP contribution in [-0.2, 0) is 0 Å². The van der Waals surface area contributed by atoms with Gasteiger partial charge in [0.05, 0.1) is 13.2 Å². The lowest BCUT2D eigenvalue weighted by atomic mass is 9.74. The number of carbonyl (C=O) groups excluding carboxylic acids is 1. The fourth-order valence-corrected chi connectivity index (χ4v) is 5.46. The summed E-state index contributed by atoms with van der Waals surface area (Å²) >= 11 is 0. The van der Waals surface area contributed by atoms with E-state index in [9.17, 15) is 9.90 Å². The summed E-state index contributed by atoms with van der Waals surface area (Å²) in [4.78, 5) is 17.4. The lowest BCUT2D eigenvalue weighted by Crippen LogP contribution is -2.67. The first-order chi connectivity index (χ1) is 18.0. The van der Waals surface area contributed by atoms with Crippen LogP contribution in [0.1, 0.15) is 36.0 Å². The van der Waals surface area contributed by atoms with Gasteiger partial charge in [-0.15, -0.1) is 0 Å². The number of nitrogens with zero attached hydrogens (tertiary/aromatic N) is 2. The van der Waals surface area contributed by atoms with Crippen molar-refractivity contribution in [2.24, 2.45) is 0 Å². The van der Waals surface area contributed by atoms with E-state index < -0.39 is 6.10 Å². The second-order valence-electron chi connectivity index (χ2n) is 9.82. The molecule has 4 atom stereocenters. The van der Waals surface area contributed by atoms with Gasteiger partial charge in [-0.05, 0) is 67.4 Å². The third kappa shape index (κ3) is 5.64. The molecule has 6 nitrogen and oxygen atoms in total. The third-order valence-corrected chi connectivity index (χ3v) is 7.49. The second-order valence-corrected chi connectivity index (χ2v) is 9.82. The van der Waals surface area contributed by atoms with E-state index in [0.717, 1.165) is 23.4 Å². The molecule has 0 aromatic heterocycles. The molecule has 2 saturated heterocycles. The number of rotatable bonds is 3. The van der Waals surface area contributed by atoms with Crippen molar-refractivity contribution in [3.63, 3.8) is 0 Å². The topological polar surface area (TPSA) is 65.0 Å². The molecular formula is C31H33N3O3. The number of anilines is 1. The van der Waals surface area contributed by atoms with Crippen molar-refractivity contribution in [2.45, 2.75) is 37.5 Å². The van der Waals surface area contributed by atoms with Crippen LogP contribution >= 0.6 is 0 Å². The van der Waals surface area contributed by atoms with Gasteiger partial charge in [0.1, 0.15) is 5.75 Å². The molecule has 5 rings (SSSR count). The van der Waals surface area contributed by atoms with Crippen molar-refractivity contribution < 1.29 is 14.6 Å². The molecule has 2 heterocycles. The summed E-state index contributed by atoms with van der Waals surface area (Å²) in [5, 5.41) is 13.5. The minimum Gasteiger partial charge on any atom is -0.497 e. The van der Waals surface area contributed by atoms with Gasteiger partial charge >= 0.3 is 6.03 Å². The average molecular weight is 496 g/mol. The molecule has 3 aromatic rings. The van der Waals surface area contributed by atoms with Crippen LogP contribution in [0.25, 0.3) is 0 Å². The Morgan fingerprint density at radius 2 is 1.62 bits per heavy atom. The average Bonchev–Trinajstić information content (AvgIpc) is 2.92. The number of fused-ring (bicyclic) bond motifs is 1. The molecule has 2 N–H and O–H groups in total. The summed E-state index contributed by atoms with van der Waals surface area (Å²) in [5.74, 6) is 7.51. The summed E-state index contributed by atoms with van der Waals surface area (Å²) in [7, 11) is 1.61. The van der Waals surface area contributed by atoms with Crippen LogP contribution in [-0.4, -0.2) is 65.9 Å². The van der Waals surface area contributed by atoms with Crippen molar-refractivity contribution >= 4 is 11.7 Å². The van der Waals surface area contributed by atoms with Gasteiger partial charge in [0.25, 0.3) is 0 Å². The van der Waals surface area contributed by atoms with Crippen LogP contribution in [0.5, 0.6) is 5.75 Å². The van der Waals surface area contributed by atoms with Gasteiger partial charge in [-0.2, -0.15) is 0 Å². The third-order valence-electron chi connectivity index (χ3n) is 7.49. The van der Waals surface area contributed by atoms with Gasteiger partial charge in [0, 0.05) is 54.5 Å². The van der Waals surface area contributed by atoms with Gasteiger partial charge in [-0.25, -0.2) is 4.79 Å². The lowest BCUT2D eigenvalue weighted by molar-refractivity contribution is -0.0454. The van der Waals surface area contributed by atoms with Crippen LogP contribution in [0, 0.1) is 11.8 Å². The van der Waals surface area contributed by atoms with Crippen molar-refractivity contribution in [2.75, 3.05) is 32.1 Å². The summed E-state index contributed by atoms with van der Waals surface area (Å²) in [6.45, 7) is 3.95. The Bertz CT molecular complexity index is 1270. The number of ether oxygens (including phenoxy) is 1. The summed E-state index contributed by atoms with van der Waals surface area (Å²) in [5.41, 5.74) is 3.94. The molecule has 6 heteroatoms. The Morgan fingerprint density at radius 1 is 0.946 bits per heavy atom. The van der Waals surface area contributed by atoms with E-state index in [4.69, 9.17) is 4.74 Å². The van der Waals surface area contributed by atoms with Crippen LogP contribution in [0.4, 0.5) is 10.5 Å². The van der Waals surface area contributed by atoms with Gasteiger partial charge in [0.2, 0.25) is 0 Å². The number of nitrogens with one attached hydrogen (secondary N) is 1. The van der Waals surface area contributed by atoms with Gasteiger partial charge in [-0.3, -0.25) is 4.90 Å². The maximum Gasteiger partial charge on any atom is 0.321 e. The zero-order chi connectivity index (χ0) is 25.8. The van der Waals surface area contributed by atoms with Crippen molar-refractivity contribution in [3.8, 4) is 17.6 Å². The Morgan fingerprint density at radius 3 is 2.30 bits per heavy atom. The second kappa shape index (κ2) is 11.1. The van der Waals surface area contributed by atoms with E-state index >= 15 is 0 Å². The highest BCUT2D eigenvalue weighted by Crippen LogP contribution is 2.42. The first-order valence-corrected chi connectivity index (χ1v) is 12.8. The normalized spacial score (nSPS) is 23.4. The molecule has 3 aromatic carbocycles. The summed E-state index contributed by atoms with van der Waals surface area (Å²) < 4.78 is 5.20.